The normalized spacial score (nSPS) is 10.0. The van der Waals surface area contributed by atoms with Crippen LogP contribution >= 0.6 is 0 Å². The average molecular weight is 303 g/mol. The van der Waals surface area contributed by atoms with Crippen LogP contribution in [-0.4, -0.2) is 24.9 Å². The Hall–Kier alpha value is -2.14. The molecule has 4 N–H and O–H groups in total. The smallest absolute Gasteiger partial charge is 0.253 e. The number of nitrogens with two attached hydrogens (primary N) is 1. The average Bonchev–Trinajstić information content (AvgIpc) is 2.53. The topological polar surface area (TPSA) is 84.2 Å². The van der Waals surface area contributed by atoms with Gasteiger partial charge in [-0.05, 0) is 31.5 Å². The molecule has 0 heterocycles. The van der Waals surface area contributed by atoms with Crippen LogP contribution in [0.2, 0.25) is 0 Å². The van der Waals surface area contributed by atoms with Gasteiger partial charge in [-0.15, -0.1) is 6.58 Å². The zero-order valence-corrected chi connectivity index (χ0v) is 12.9. The lowest BCUT2D eigenvalue weighted by Gasteiger charge is -2.10. The van der Waals surface area contributed by atoms with Crippen molar-refractivity contribution in [3.63, 3.8) is 0 Å². The minimum absolute atomic E-state index is 0.0725. The number of hydrogen-bond donors (Lipinski definition) is 3. The zero-order valence-electron chi connectivity index (χ0n) is 12.9. The summed E-state index contributed by atoms with van der Waals surface area (Å²) < 4.78 is 0. The lowest BCUT2D eigenvalue weighted by atomic mass is 10.1. The molecule has 120 valence electrons. The van der Waals surface area contributed by atoms with Crippen molar-refractivity contribution < 1.29 is 9.59 Å². The minimum Gasteiger partial charge on any atom is -0.349 e. The molecule has 0 aliphatic heterocycles. The van der Waals surface area contributed by atoms with Gasteiger partial charge >= 0.3 is 0 Å². The Bertz CT molecular complexity index is 500. The number of rotatable bonds is 10. The highest BCUT2D eigenvalue weighted by molar-refractivity contribution is 6.03. The third kappa shape index (κ3) is 6.54. The number of hydrogen-bond acceptors (Lipinski definition) is 3. The van der Waals surface area contributed by atoms with Gasteiger partial charge in [-0.3, -0.25) is 9.59 Å². The van der Waals surface area contributed by atoms with Crippen LogP contribution in [0.3, 0.4) is 0 Å². The van der Waals surface area contributed by atoms with Gasteiger partial charge in [-0.25, -0.2) is 0 Å². The fraction of sp³-hybridized carbons (Fsp3) is 0.412. The van der Waals surface area contributed by atoms with Crippen LogP contribution < -0.4 is 16.4 Å². The first-order chi connectivity index (χ1) is 10.7. The van der Waals surface area contributed by atoms with Gasteiger partial charge in [0.2, 0.25) is 5.91 Å². The van der Waals surface area contributed by atoms with E-state index in [4.69, 9.17) is 5.73 Å². The Labute approximate surface area is 132 Å². The molecule has 22 heavy (non-hydrogen) atoms. The molecule has 0 spiro atoms. The van der Waals surface area contributed by atoms with E-state index < -0.39 is 0 Å². The standard InChI is InChI=1S/C17H25N3O2/c1-2-13-19-17(22)14-9-6-7-10-15(14)20-16(21)11-5-3-4-8-12-18/h2,6-7,9-10H,1,3-5,8,11-13,18H2,(H,19,22)(H,20,21). The maximum Gasteiger partial charge on any atom is 0.253 e. The summed E-state index contributed by atoms with van der Waals surface area (Å²) in [5.41, 5.74) is 6.43. The quantitative estimate of drug-likeness (QED) is 0.458. The molecule has 0 aromatic heterocycles. The van der Waals surface area contributed by atoms with Crippen LogP contribution in [0.15, 0.2) is 36.9 Å². The van der Waals surface area contributed by atoms with Crippen LogP contribution in [0.5, 0.6) is 0 Å². The summed E-state index contributed by atoms with van der Waals surface area (Å²) in [7, 11) is 0. The number of amides is 2. The Morgan fingerprint density at radius 1 is 1.14 bits per heavy atom. The van der Waals surface area contributed by atoms with E-state index >= 15 is 0 Å². The molecule has 2 amide bonds. The van der Waals surface area contributed by atoms with E-state index in [9.17, 15) is 9.59 Å². The second kappa shape index (κ2) is 10.6. The molecule has 0 unspecified atom stereocenters. The van der Waals surface area contributed by atoms with E-state index in [0.717, 1.165) is 25.7 Å². The van der Waals surface area contributed by atoms with Crippen LogP contribution in [0, 0.1) is 0 Å². The molecule has 0 fully saturated rings. The van der Waals surface area contributed by atoms with E-state index in [1.54, 1.807) is 30.3 Å². The Morgan fingerprint density at radius 3 is 2.59 bits per heavy atom. The largest absolute Gasteiger partial charge is 0.349 e. The molecule has 1 rings (SSSR count). The second-order valence-corrected chi connectivity index (χ2v) is 5.05. The number of carbonyl (C=O) groups excluding carboxylic acids is 2. The molecule has 1 aromatic carbocycles. The molecule has 0 bridgehead atoms. The summed E-state index contributed by atoms with van der Waals surface area (Å²) in [6.45, 7) is 4.64. The van der Waals surface area contributed by atoms with Crippen LogP contribution in [0.4, 0.5) is 5.69 Å². The van der Waals surface area contributed by atoms with Gasteiger partial charge in [0.15, 0.2) is 0 Å². The van der Waals surface area contributed by atoms with Gasteiger partial charge in [0, 0.05) is 13.0 Å². The molecular weight excluding hydrogens is 278 g/mol. The van der Waals surface area contributed by atoms with Crippen molar-refractivity contribution in [2.24, 2.45) is 5.73 Å². The second-order valence-electron chi connectivity index (χ2n) is 5.05. The number of unbranched alkanes of at least 4 members (excludes halogenated alkanes) is 3. The molecule has 0 saturated heterocycles. The molecule has 0 atom stereocenters. The predicted octanol–water partition coefficient (Wildman–Crippen LogP) is 2.45. The maximum absolute atomic E-state index is 12.0. The highest BCUT2D eigenvalue weighted by Gasteiger charge is 2.12. The molecule has 0 aliphatic carbocycles. The van der Waals surface area contributed by atoms with E-state index in [-0.39, 0.29) is 11.8 Å². The third-order valence-corrected chi connectivity index (χ3v) is 3.21. The van der Waals surface area contributed by atoms with Crippen molar-refractivity contribution in [3.8, 4) is 0 Å². The summed E-state index contributed by atoms with van der Waals surface area (Å²) in [6, 6.07) is 6.98. The SMILES string of the molecule is C=CCNC(=O)c1ccccc1NC(=O)CCCCCCN. The summed E-state index contributed by atoms with van der Waals surface area (Å²) in [6.07, 6.45) is 5.93. The van der Waals surface area contributed by atoms with Crippen LogP contribution in [-0.2, 0) is 4.79 Å². The predicted molar refractivity (Wildman–Crippen MR) is 89.7 cm³/mol. The molecule has 0 saturated carbocycles. The monoisotopic (exact) mass is 303 g/mol. The van der Waals surface area contributed by atoms with Crippen LogP contribution in [0.25, 0.3) is 0 Å². The van der Waals surface area contributed by atoms with E-state index in [0.29, 0.717) is 30.8 Å². The number of carbonyl (C=O) groups is 2. The zero-order chi connectivity index (χ0) is 16.2. The van der Waals surface area contributed by atoms with Crippen molar-refractivity contribution in [2.45, 2.75) is 32.1 Å². The van der Waals surface area contributed by atoms with Gasteiger partial charge in [-0.1, -0.05) is 31.1 Å². The van der Waals surface area contributed by atoms with Crippen molar-refractivity contribution in [2.75, 3.05) is 18.4 Å². The number of para-hydroxylation sites is 1. The first kappa shape index (κ1) is 17.9. The van der Waals surface area contributed by atoms with E-state index in [1.165, 1.54) is 0 Å². The van der Waals surface area contributed by atoms with Crippen molar-refractivity contribution in [1.82, 2.24) is 5.32 Å². The van der Waals surface area contributed by atoms with Gasteiger partial charge in [0.1, 0.15) is 0 Å². The van der Waals surface area contributed by atoms with Crippen molar-refractivity contribution in [3.05, 3.63) is 42.5 Å². The fourth-order valence-electron chi connectivity index (χ4n) is 2.05. The minimum atomic E-state index is -0.223. The molecule has 5 nitrogen and oxygen atoms in total. The molecular formula is C17H25N3O2. The van der Waals surface area contributed by atoms with Gasteiger partial charge in [0.25, 0.3) is 5.91 Å². The summed E-state index contributed by atoms with van der Waals surface area (Å²) >= 11 is 0. The summed E-state index contributed by atoms with van der Waals surface area (Å²) in [5, 5.41) is 5.52. The highest BCUT2D eigenvalue weighted by Crippen LogP contribution is 2.15. The van der Waals surface area contributed by atoms with Gasteiger partial charge in [-0.2, -0.15) is 0 Å². The first-order valence-corrected chi connectivity index (χ1v) is 7.67. The van der Waals surface area contributed by atoms with E-state index in [2.05, 4.69) is 17.2 Å². The Morgan fingerprint density at radius 2 is 1.86 bits per heavy atom. The fourth-order valence-corrected chi connectivity index (χ4v) is 2.05. The third-order valence-electron chi connectivity index (χ3n) is 3.21. The highest BCUT2D eigenvalue weighted by atomic mass is 16.2. The Balaban J connectivity index is 2.52. The lowest BCUT2D eigenvalue weighted by Crippen LogP contribution is -2.25. The maximum atomic E-state index is 12.0. The molecule has 1 aromatic rings. The van der Waals surface area contributed by atoms with Gasteiger partial charge < -0.3 is 16.4 Å². The van der Waals surface area contributed by atoms with Gasteiger partial charge in [0.05, 0.1) is 11.3 Å². The molecule has 0 aliphatic rings. The summed E-state index contributed by atoms with van der Waals surface area (Å²) in [4.78, 5) is 24.0. The number of benzene rings is 1. The first-order valence-electron chi connectivity index (χ1n) is 7.67. The summed E-state index contributed by atoms with van der Waals surface area (Å²) in [5.74, 6) is -0.296. The molecule has 0 radical (unpaired) electrons. The van der Waals surface area contributed by atoms with E-state index in [1.807, 2.05) is 0 Å². The van der Waals surface area contributed by atoms with Crippen LogP contribution in [0.1, 0.15) is 42.5 Å². The lowest BCUT2D eigenvalue weighted by molar-refractivity contribution is -0.116. The van der Waals surface area contributed by atoms with Crippen molar-refractivity contribution >= 4 is 17.5 Å². The van der Waals surface area contributed by atoms with Crippen molar-refractivity contribution in [1.29, 1.82) is 0 Å². The molecule has 5 heteroatoms. The number of nitrogens with one attached hydrogen (secondary N) is 2. The number of anilines is 1. The Kier molecular flexibility index (Phi) is 8.60.